The average Bonchev–Trinajstić information content (AvgIpc) is 2.82. The van der Waals surface area contributed by atoms with Crippen molar-refractivity contribution < 1.29 is 24.8 Å². The fraction of sp³-hybridized carbons (Fsp3) is 0.538. The van der Waals surface area contributed by atoms with Crippen LogP contribution in [0.25, 0.3) is 11.1 Å². The van der Waals surface area contributed by atoms with Gasteiger partial charge in [-0.25, -0.2) is 0 Å². The molecule has 0 radical (unpaired) electrons. The van der Waals surface area contributed by atoms with E-state index >= 15 is 0 Å². The van der Waals surface area contributed by atoms with Gasteiger partial charge in [0, 0.05) is 13.2 Å². The van der Waals surface area contributed by atoms with Crippen molar-refractivity contribution in [3.8, 4) is 22.6 Å². The van der Waals surface area contributed by atoms with Crippen LogP contribution in [0.15, 0.2) is 36.4 Å². The second-order valence-corrected chi connectivity index (χ2v) is 8.13. The Hall–Kier alpha value is -2.16. The van der Waals surface area contributed by atoms with Gasteiger partial charge in [-0.1, -0.05) is 24.3 Å². The number of aliphatic hydroxyl groups is 3. The lowest BCUT2D eigenvalue weighted by atomic mass is 9.95. The predicted molar refractivity (Wildman–Crippen MR) is 132 cm³/mol. The summed E-state index contributed by atoms with van der Waals surface area (Å²) >= 11 is 0. The Labute approximate surface area is 197 Å². The monoisotopic (exact) mass is 460 g/mol. The lowest BCUT2D eigenvalue weighted by Gasteiger charge is -2.17. The molecule has 5 N–H and O–H groups in total. The smallest absolute Gasteiger partial charge is 0.122 e. The molecule has 0 bridgehead atoms. The van der Waals surface area contributed by atoms with Crippen LogP contribution in [-0.4, -0.2) is 74.0 Å². The van der Waals surface area contributed by atoms with E-state index in [2.05, 4.69) is 36.6 Å². The van der Waals surface area contributed by atoms with E-state index in [1.165, 1.54) is 0 Å². The average molecular weight is 461 g/mol. The SMILES string of the molecule is Cc1c(OCCCNCCCO)cccc1-c1cccc(OCCCNCC(O)CO)c1C. The van der Waals surface area contributed by atoms with Gasteiger partial charge in [0.1, 0.15) is 11.5 Å². The first-order valence-corrected chi connectivity index (χ1v) is 11.8. The van der Waals surface area contributed by atoms with Crippen molar-refractivity contribution in [3.05, 3.63) is 47.5 Å². The Balaban J connectivity index is 1.91. The number of aliphatic hydroxyl groups excluding tert-OH is 3. The highest BCUT2D eigenvalue weighted by atomic mass is 16.5. The minimum absolute atomic E-state index is 0.217. The van der Waals surface area contributed by atoms with Crippen LogP contribution in [0.1, 0.15) is 30.4 Å². The van der Waals surface area contributed by atoms with Crippen LogP contribution in [0, 0.1) is 13.8 Å². The highest BCUT2D eigenvalue weighted by molar-refractivity contribution is 5.74. The molecule has 2 aromatic carbocycles. The molecule has 1 atom stereocenters. The first kappa shape index (κ1) is 27.1. The third-order valence-corrected chi connectivity index (χ3v) is 5.47. The molecule has 2 rings (SSSR count). The standard InChI is InChI=1S/C26H40N2O5/c1-20-23(8-3-10-25(20)32-16-6-13-27-12-5-15-29)24-9-4-11-26(21(24)2)33-17-7-14-28-18-22(31)19-30/h3-4,8-11,22,27-31H,5-7,12-19H2,1-2H3. The van der Waals surface area contributed by atoms with Gasteiger partial charge in [0.2, 0.25) is 0 Å². The molecule has 0 saturated carbocycles. The quantitative estimate of drug-likeness (QED) is 0.231. The number of hydrogen-bond donors (Lipinski definition) is 5. The van der Waals surface area contributed by atoms with Gasteiger partial charge in [0.15, 0.2) is 0 Å². The van der Waals surface area contributed by atoms with Gasteiger partial charge < -0.3 is 35.4 Å². The van der Waals surface area contributed by atoms with E-state index in [0.29, 0.717) is 26.3 Å². The van der Waals surface area contributed by atoms with Crippen molar-refractivity contribution in [2.45, 2.75) is 39.2 Å². The fourth-order valence-electron chi connectivity index (χ4n) is 3.55. The van der Waals surface area contributed by atoms with Crippen molar-refractivity contribution >= 4 is 0 Å². The third kappa shape index (κ3) is 9.31. The van der Waals surface area contributed by atoms with E-state index in [4.69, 9.17) is 19.7 Å². The summed E-state index contributed by atoms with van der Waals surface area (Å²) in [7, 11) is 0. The summed E-state index contributed by atoms with van der Waals surface area (Å²) in [6.07, 6.45) is 1.77. The largest absolute Gasteiger partial charge is 0.493 e. The Morgan fingerprint density at radius 3 is 1.79 bits per heavy atom. The number of hydrogen-bond acceptors (Lipinski definition) is 7. The predicted octanol–water partition coefficient (Wildman–Crippen LogP) is 2.42. The molecule has 184 valence electrons. The molecule has 33 heavy (non-hydrogen) atoms. The van der Waals surface area contributed by atoms with Gasteiger partial charge in [0.05, 0.1) is 25.9 Å². The Morgan fingerprint density at radius 2 is 1.27 bits per heavy atom. The van der Waals surface area contributed by atoms with Crippen LogP contribution in [0.4, 0.5) is 0 Å². The third-order valence-electron chi connectivity index (χ3n) is 5.47. The molecule has 0 aliphatic rings. The van der Waals surface area contributed by atoms with E-state index in [1.54, 1.807) is 0 Å². The summed E-state index contributed by atoms with van der Waals surface area (Å²) in [5, 5.41) is 33.4. The number of nitrogens with one attached hydrogen (secondary N) is 2. The minimum atomic E-state index is -0.721. The molecular weight excluding hydrogens is 420 g/mol. The highest BCUT2D eigenvalue weighted by Gasteiger charge is 2.12. The van der Waals surface area contributed by atoms with Crippen molar-refractivity contribution in [2.24, 2.45) is 0 Å². The minimum Gasteiger partial charge on any atom is -0.493 e. The normalized spacial score (nSPS) is 12.0. The summed E-state index contributed by atoms with van der Waals surface area (Å²) < 4.78 is 12.1. The summed E-state index contributed by atoms with van der Waals surface area (Å²) in [6.45, 7) is 8.14. The maximum Gasteiger partial charge on any atom is 0.122 e. The molecule has 0 amide bonds. The van der Waals surface area contributed by atoms with Crippen LogP contribution < -0.4 is 20.1 Å². The van der Waals surface area contributed by atoms with Crippen molar-refractivity contribution in [3.63, 3.8) is 0 Å². The van der Waals surface area contributed by atoms with E-state index in [1.807, 2.05) is 24.3 Å². The number of rotatable bonds is 17. The first-order chi connectivity index (χ1) is 16.1. The molecule has 0 saturated heterocycles. The summed E-state index contributed by atoms with van der Waals surface area (Å²) in [4.78, 5) is 0. The van der Waals surface area contributed by atoms with Crippen LogP contribution in [0.2, 0.25) is 0 Å². The first-order valence-electron chi connectivity index (χ1n) is 11.8. The van der Waals surface area contributed by atoms with Crippen LogP contribution >= 0.6 is 0 Å². The second-order valence-electron chi connectivity index (χ2n) is 8.13. The molecule has 1 unspecified atom stereocenters. The lowest BCUT2D eigenvalue weighted by molar-refractivity contribution is 0.0942. The van der Waals surface area contributed by atoms with Crippen molar-refractivity contribution in [1.29, 1.82) is 0 Å². The molecule has 0 aliphatic heterocycles. The molecule has 0 spiro atoms. The lowest BCUT2D eigenvalue weighted by Crippen LogP contribution is -2.30. The van der Waals surface area contributed by atoms with Gasteiger partial charge in [-0.15, -0.1) is 0 Å². The summed E-state index contributed by atoms with van der Waals surface area (Å²) in [6, 6.07) is 12.3. The van der Waals surface area contributed by atoms with Gasteiger partial charge in [-0.3, -0.25) is 0 Å². The molecule has 0 fully saturated rings. The molecule has 0 aromatic heterocycles. The molecular formula is C26H40N2O5. The van der Waals surface area contributed by atoms with Gasteiger partial charge >= 0.3 is 0 Å². The van der Waals surface area contributed by atoms with Crippen molar-refractivity contribution in [2.75, 3.05) is 52.6 Å². The van der Waals surface area contributed by atoms with Gasteiger partial charge in [0.25, 0.3) is 0 Å². The maximum atomic E-state index is 9.35. The van der Waals surface area contributed by atoms with E-state index in [9.17, 15) is 5.11 Å². The maximum absolute atomic E-state index is 9.35. The van der Waals surface area contributed by atoms with Crippen LogP contribution in [0.3, 0.4) is 0 Å². The number of benzene rings is 2. The van der Waals surface area contributed by atoms with E-state index < -0.39 is 6.10 Å². The Bertz CT molecular complexity index is 815. The zero-order valence-electron chi connectivity index (χ0n) is 20.0. The second kappa shape index (κ2) is 15.6. The molecule has 7 heteroatoms. The summed E-state index contributed by atoms with van der Waals surface area (Å²) in [5.74, 6) is 1.76. The Morgan fingerprint density at radius 1 is 0.758 bits per heavy atom. The zero-order chi connectivity index (χ0) is 23.9. The van der Waals surface area contributed by atoms with E-state index in [-0.39, 0.29) is 13.2 Å². The van der Waals surface area contributed by atoms with E-state index in [0.717, 1.165) is 66.1 Å². The van der Waals surface area contributed by atoms with Crippen LogP contribution in [-0.2, 0) is 0 Å². The molecule has 0 aliphatic carbocycles. The fourth-order valence-corrected chi connectivity index (χ4v) is 3.55. The molecule has 2 aromatic rings. The van der Waals surface area contributed by atoms with Gasteiger partial charge in [-0.2, -0.15) is 0 Å². The number of ether oxygens (including phenoxy) is 2. The van der Waals surface area contributed by atoms with Gasteiger partial charge in [-0.05, 0) is 87.1 Å². The summed E-state index contributed by atoms with van der Waals surface area (Å²) in [5.41, 5.74) is 4.47. The molecule has 0 heterocycles. The zero-order valence-corrected chi connectivity index (χ0v) is 20.0. The Kier molecular flexibility index (Phi) is 12.8. The highest BCUT2D eigenvalue weighted by Crippen LogP contribution is 2.35. The topological polar surface area (TPSA) is 103 Å². The van der Waals surface area contributed by atoms with Crippen molar-refractivity contribution in [1.82, 2.24) is 10.6 Å². The molecule has 7 nitrogen and oxygen atoms in total. The van der Waals surface area contributed by atoms with Crippen LogP contribution in [0.5, 0.6) is 11.5 Å².